The van der Waals surface area contributed by atoms with Crippen molar-refractivity contribution in [3.05, 3.63) is 199 Å². The van der Waals surface area contributed by atoms with Crippen LogP contribution in [-0.2, 0) is 0 Å². The van der Waals surface area contributed by atoms with Gasteiger partial charge in [-0.1, -0.05) is 72.8 Å². The van der Waals surface area contributed by atoms with E-state index in [-0.39, 0.29) is 66.8 Å². The molecule has 0 saturated carbocycles. The maximum absolute atomic E-state index is 15.7. The Morgan fingerprint density at radius 2 is 0.564 bits per heavy atom. The van der Waals surface area contributed by atoms with Gasteiger partial charge in [-0.2, -0.15) is 0 Å². The predicted octanol–water partition coefficient (Wildman–Crippen LogP) is 13.5. The van der Waals surface area contributed by atoms with Crippen LogP contribution < -0.4 is 41.2 Å². The minimum Gasteiger partial charge on any atom is -0.497 e. The molecular formula is C64H38N2O12. The molecule has 0 aliphatic rings. The summed E-state index contributed by atoms with van der Waals surface area (Å²) >= 11 is 0. The molecule has 14 heteroatoms. The molecular weight excluding hydrogens is 989 g/mol. The minimum atomic E-state index is -0.660. The second kappa shape index (κ2) is 16.4. The number of rotatable bonds is 6. The molecule has 0 unspecified atom stereocenters. The number of ether oxygens (including phenoxy) is 4. The number of hydrogen-bond donors (Lipinski definition) is 0. The highest BCUT2D eigenvalue weighted by Gasteiger charge is 2.31. The van der Waals surface area contributed by atoms with Gasteiger partial charge in [0, 0.05) is 76.8 Å². The van der Waals surface area contributed by atoms with Crippen LogP contribution in [0.15, 0.2) is 195 Å². The molecule has 0 atom stereocenters. The number of para-hydroxylation sites is 4. The third-order valence-electron chi connectivity index (χ3n) is 15.2. The van der Waals surface area contributed by atoms with Crippen molar-refractivity contribution in [2.24, 2.45) is 0 Å². The molecule has 11 aromatic carbocycles. The number of pyridine rings is 2. The fourth-order valence-corrected chi connectivity index (χ4v) is 11.8. The van der Waals surface area contributed by atoms with Crippen LogP contribution in [0.4, 0.5) is 0 Å². The molecule has 376 valence electrons. The first-order chi connectivity index (χ1) is 38.2. The van der Waals surface area contributed by atoms with E-state index in [4.69, 9.17) is 36.6 Å². The van der Waals surface area contributed by atoms with E-state index >= 15 is 19.2 Å². The maximum atomic E-state index is 15.7. The normalized spacial score (nSPS) is 12.1. The van der Waals surface area contributed by atoms with Gasteiger partial charge in [0.25, 0.3) is 22.2 Å². The average Bonchev–Trinajstić information content (AvgIpc) is 2.71. The van der Waals surface area contributed by atoms with Crippen molar-refractivity contribution in [1.29, 1.82) is 0 Å². The maximum Gasteiger partial charge on any atom is 0.266 e. The summed E-state index contributed by atoms with van der Waals surface area (Å²) in [5, 5.41) is 6.20. The van der Waals surface area contributed by atoms with Gasteiger partial charge in [0.05, 0.1) is 61.4 Å². The summed E-state index contributed by atoms with van der Waals surface area (Å²) in [5.74, 6) is 1.33. The first kappa shape index (κ1) is 44.8. The molecule has 0 radical (unpaired) electrons. The number of nitrogens with zero attached hydrogens (tertiary/aromatic N) is 2. The largest absolute Gasteiger partial charge is 0.497 e. The third kappa shape index (κ3) is 6.07. The lowest BCUT2D eigenvalue weighted by Gasteiger charge is -2.21. The molecule has 14 nitrogen and oxygen atoms in total. The summed E-state index contributed by atoms with van der Waals surface area (Å²) in [6.45, 7) is 0. The molecule has 4 heterocycles. The Bertz CT molecular complexity index is 4890. The molecule has 0 N–H and O–H groups in total. The van der Waals surface area contributed by atoms with Crippen molar-refractivity contribution >= 4 is 131 Å². The van der Waals surface area contributed by atoms with Crippen molar-refractivity contribution < 1.29 is 36.6 Å². The van der Waals surface area contributed by atoms with Crippen LogP contribution in [0.5, 0.6) is 23.0 Å². The number of benzene rings is 11. The minimum absolute atomic E-state index is 0.130. The van der Waals surface area contributed by atoms with Crippen LogP contribution in [0.2, 0.25) is 0 Å². The van der Waals surface area contributed by atoms with Crippen molar-refractivity contribution in [3.8, 4) is 34.4 Å². The van der Waals surface area contributed by atoms with Gasteiger partial charge < -0.3 is 36.6 Å². The van der Waals surface area contributed by atoms with Crippen molar-refractivity contribution in [2.75, 3.05) is 28.4 Å². The first-order valence-corrected chi connectivity index (χ1v) is 24.8. The van der Waals surface area contributed by atoms with Gasteiger partial charge in [-0.05, 0) is 72.8 Å². The van der Waals surface area contributed by atoms with E-state index in [1.54, 1.807) is 60.7 Å². The zero-order valence-electron chi connectivity index (χ0n) is 41.8. The summed E-state index contributed by atoms with van der Waals surface area (Å²) in [7, 11) is 5.94. The Morgan fingerprint density at radius 3 is 0.833 bits per heavy atom. The lowest BCUT2D eigenvalue weighted by atomic mass is 9.85. The average molecular weight is 1030 g/mol. The van der Waals surface area contributed by atoms with Crippen molar-refractivity contribution in [1.82, 2.24) is 9.13 Å². The molecule has 4 aromatic heterocycles. The topological polar surface area (TPSA) is 168 Å². The van der Waals surface area contributed by atoms with E-state index in [2.05, 4.69) is 0 Å². The fraction of sp³-hybridized carbons (Fsp3) is 0.0625. The second-order valence-corrected chi connectivity index (χ2v) is 19.0. The Balaban J connectivity index is 1.32. The zero-order chi connectivity index (χ0) is 52.8. The molecule has 0 amide bonds. The predicted molar refractivity (Wildman–Crippen MR) is 304 cm³/mol. The molecule has 78 heavy (non-hydrogen) atoms. The second-order valence-electron chi connectivity index (χ2n) is 19.0. The van der Waals surface area contributed by atoms with Crippen molar-refractivity contribution in [3.63, 3.8) is 0 Å². The van der Waals surface area contributed by atoms with Crippen LogP contribution in [0.1, 0.15) is 0 Å². The van der Waals surface area contributed by atoms with E-state index in [1.165, 1.54) is 28.4 Å². The highest BCUT2D eigenvalue weighted by molar-refractivity contribution is 6.47. The van der Waals surface area contributed by atoms with Gasteiger partial charge in [-0.3, -0.25) is 19.2 Å². The molecule has 15 aromatic rings. The molecule has 15 rings (SSSR count). The molecule has 0 saturated heterocycles. The van der Waals surface area contributed by atoms with Crippen molar-refractivity contribution in [2.45, 2.75) is 0 Å². The van der Waals surface area contributed by atoms with Gasteiger partial charge in [-0.15, -0.1) is 0 Å². The summed E-state index contributed by atoms with van der Waals surface area (Å²) in [6, 6.07) is 46.3. The van der Waals surface area contributed by atoms with Crippen LogP contribution in [0.25, 0.3) is 142 Å². The standard InChI is InChI=1S/C64H38N2O12/c1-71-31-21-23-41(47(25-31)73-3)65-61(67)37-27-49-55-57-51(77-45-19-11-7-15-35(45)33-13-5-9-17-43(33)75-49)29-39-54-40(64(70)66(63(39)69)42-24-22-32(72-2)26-48(42)74-4)30-52-58(60(54)57)56-50(28-38(62(65)68)53(37)59(55)56)76-44-18-10-6-14-34(44)36-16-8-12-20-46(36)78-52/h5-30H,1-4H3. The molecule has 0 bridgehead atoms. The monoisotopic (exact) mass is 1030 g/mol. The molecule has 0 spiro atoms. The number of fused-ring (bicyclic) bond motifs is 6. The fourth-order valence-electron chi connectivity index (χ4n) is 11.8. The lowest BCUT2D eigenvalue weighted by molar-refractivity contribution is 0.392. The highest BCUT2D eigenvalue weighted by Crippen LogP contribution is 2.51. The smallest absolute Gasteiger partial charge is 0.266 e. The van der Waals surface area contributed by atoms with Crippen LogP contribution in [0.3, 0.4) is 0 Å². The number of aromatic nitrogens is 2. The summed E-state index contributed by atoms with van der Waals surface area (Å²) in [6.07, 6.45) is 0. The zero-order valence-corrected chi connectivity index (χ0v) is 41.8. The van der Waals surface area contributed by atoms with E-state index < -0.39 is 22.2 Å². The van der Waals surface area contributed by atoms with Gasteiger partial charge >= 0.3 is 0 Å². The summed E-state index contributed by atoms with van der Waals surface area (Å²) in [5.41, 5.74) is 0.221. The van der Waals surface area contributed by atoms with Gasteiger partial charge in [0.2, 0.25) is 0 Å². The Hall–Kier alpha value is -10.6. The first-order valence-electron chi connectivity index (χ1n) is 24.8. The molecule has 0 aliphatic carbocycles. The molecule has 0 fully saturated rings. The summed E-state index contributed by atoms with van der Waals surface area (Å²) < 4.78 is 54.0. The highest BCUT2D eigenvalue weighted by atomic mass is 16.5. The van der Waals surface area contributed by atoms with Gasteiger partial charge in [0.15, 0.2) is 0 Å². The van der Waals surface area contributed by atoms with Crippen LogP contribution in [0, 0.1) is 0 Å². The number of hydrogen-bond acceptors (Lipinski definition) is 12. The quantitative estimate of drug-likeness (QED) is 0.114. The number of methoxy groups -OCH3 is 4. The van der Waals surface area contributed by atoms with E-state index in [1.807, 2.05) is 97.1 Å². The van der Waals surface area contributed by atoms with Crippen LogP contribution >= 0.6 is 0 Å². The Kier molecular flexibility index (Phi) is 9.46. The van der Waals surface area contributed by atoms with E-state index in [0.717, 1.165) is 9.13 Å². The van der Waals surface area contributed by atoms with E-state index in [9.17, 15) is 0 Å². The van der Waals surface area contributed by atoms with E-state index in [0.29, 0.717) is 98.5 Å². The summed E-state index contributed by atoms with van der Waals surface area (Å²) in [4.78, 5) is 62.7. The van der Waals surface area contributed by atoms with Gasteiger partial charge in [-0.25, -0.2) is 9.13 Å². The SMILES string of the molecule is COc1ccc(-n2c(=O)c3cc4oc5ccccc5c5ccccc5oc5cc6c(=O)n(-c7ccc(OC)cc7OC)c(=O)c7cc8oc9ccccc9c9ccccc9oc9cc(c2=O)c3c2c4c5c(c67)c8c92)c(OC)c1. The van der Waals surface area contributed by atoms with Gasteiger partial charge in [0.1, 0.15) is 67.7 Å². The Morgan fingerprint density at radius 1 is 0.282 bits per heavy atom. The van der Waals surface area contributed by atoms with Crippen LogP contribution in [-0.4, -0.2) is 37.6 Å². The third-order valence-corrected chi connectivity index (χ3v) is 15.2. The Labute approximate surface area is 436 Å². The lowest BCUT2D eigenvalue weighted by Crippen LogP contribution is -2.32. The molecule has 0 aliphatic heterocycles.